The molecule has 2 aliphatic heterocycles. The zero-order valence-corrected chi connectivity index (χ0v) is 13.8. The van der Waals surface area contributed by atoms with E-state index in [1.165, 1.54) is 16.9 Å². The predicted molar refractivity (Wildman–Crippen MR) is 87.8 cm³/mol. The van der Waals surface area contributed by atoms with Crippen LogP contribution in [0.2, 0.25) is 0 Å². The molecule has 0 N–H and O–H groups in total. The van der Waals surface area contributed by atoms with E-state index in [9.17, 15) is 9.18 Å². The average molecular weight is 345 g/mol. The summed E-state index contributed by atoms with van der Waals surface area (Å²) in [6.07, 6.45) is 4.66. The van der Waals surface area contributed by atoms with E-state index in [-0.39, 0.29) is 18.0 Å². The van der Waals surface area contributed by atoms with E-state index in [1.807, 2.05) is 4.90 Å². The summed E-state index contributed by atoms with van der Waals surface area (Å²) < 4.78 is 26.4. The summed E-state index contributed by atoms with van der Waals surface area (Å²) in [5, 5.41) is 4.13. The summed E-state index contributed by atoms with van der Waals surface area (Å²) in [7, 11) is 0. The summed E-state index contributed by atoms with van der Waals surface area (Å²) in [6, 6.07) is 6.36. The van der Waals surface area contributed by atoms with Gasteiger partial charge in [-0.05, 0) is 25.0 Å². The third-order valence-corrected chi connectivity index (χ3v) is 4.79. The normalized spacial score (nSPS) is 19.5. The number of ether oxygens (including phenoxy) is 2. The van der Waals surface area contributed by atoms with Crippen molar-refractivity contribution in [2.24, 2.45) is 5.92 Å². The number of para-hydroxylation sites is 1. The fourth-order valence-corrected chi connectivity index (χ4v) is 3.41. The highest BCUT2D eigenvalue weighted by Gasteiger charge is 2.32. The van der Waals surface area contributed by atoms with Crippen LogP contribution in [0.5, 0.6) is 0 Å². The summed E-state index contributed by atoms with van der Waals surface area (Å²) in [5.74, 6) is -0.107. The van der Waals surface area contributed by atoms with Crippen molar-refractivity contribution in [2.45, 2.75) is 19.1 Å². The first-order valence-electron chi connectivity index (χ1n) is 8.54. The molecule has 6 nitrogen and oxygen atoms in total. The smallest absolute Gasteiger partial charge is 0.257 e. The van der Waals surface area contributed by atoms with Crippen LogP contribution in [0.25, 0.3) is 5.69 Å². The van der Waals surface area contributed by atoms with Crippen LogP contribution in [-0.2, 0) is 9.47 Å². The molecule has 132 valence electrons. The topological polar surface area (TPSA) is 56.6 Å². The highest BCUT2D eigenvalue weighted by Crippen LogP contribution is 2.26. The lowest BCUT2D eigenvalue weighted by molar-refractivity contribution is -0.0956. The molecule has 2 fully saturated rings. The van der Waals surface area contributed by atoms with Gasteiger partial charge in [0, 0.05) is 25.2 Å². The lowest BCUT2D eigenvalue weighted by Crippen LogP contribution is -2.41. The molecule has 0 atom stereocenters. The number of nitrogens with zero attached hydrogens (tertiary/aromatic N) is 3. The highest BCUT2D eigenvalue weighted by molar-refractivity contribution is 5.93. The number of benzene rings is 1. The van der Waals surface area contributed by atoms with Gasteiger partial charge in [-0.15, -0.1) is 0 Å². The Morgan fingerprint density at radius 1 is 1.16 bits per heavy atom. The van der Waals surface area contributed by atoms with E-state index in [2.05, 4.69) is 5.10 Å². The number of likely N-dealkylation sites (tertiary alicyclic amines) is 1. The Hall–Kier alpha value is -2.25. The van der Waals surface area contributed by atoms with E-state index in [4.69, 9.17) is 9.47 Å². The van der Waals surface area contributed by atoms with E-state index >= 15 is 0 Å². The van der Waals surface area contributed by atoms with Crippen LogP contribution in [0.4, 0.5) is 4.39 Å². The van der Waals surface area contributed by atoms with E-state index in [0.717, 1.165) is 12.8 Å². The van der Waals surface area contributed by atoms with Crippen molar-refractivity contribution in [3.8, 4) is 5.69 Å². The second-order valence-corrected chi connectivity index (χ2v) is 6.36. The van der Waals surface area contributed by atoms with Crippen molar-refractivity contribution in [1.82, 2.24) is 14.7 Å². The molecular weight excluding hydrogens is 325 g/mol. The number of rotatable bonds is 3. The van der Waals surface area contributed by atoms with Crippen LogP contribution < -0.4 is 0 Å². The van der Waals surface area contributed by atoms with Gasteiger partial charge < -0.3 is 14.4 Å². The van der Waals surface area contributed by atoms with Crippen molar-refractivity contribution in [2.75, 3.05) is 26.3 Å². The van der Waals surface area contributed by atoms with Crippen LogP contribution >= 0.6 is 0 Å². The zero-order valence-electron chi connectivity index (χ0n) is 13.8. The summed E-state index contributed by atoms with van der Waals surface area (Å²) in [5.41, 5.74) is 0.797. The maximum Gasteiger partial charge on any atom is 0.257 e. The minimum absolute atomic E-state index is 0.0747. The lowest BCUT2D eigenvalue weighted by atomic mass is 9.96. The lowest BCUT2D eigenvalue weighted by Gasteiger charge is -2.33. The Labute approximate surface area is 145 Å². The second kappa shape index (κ2) is 6.93. The number of aromatic nitrogens is 2. The molecule has 0 saturated carbocycles. The largest absolute Gasteiger partial charge is 0.350 e. The summed E-state index contributed by atoms with van der Waals surface area (Å²) in [4.78, 5) is 14.5. The quantitative estimate of drug-likeness (QED) is 0.856. The van der Waals surface area contributed by atoms with Crippen molar-refractivity contribution >= 4 is 5.91 Å². The number of amides is 1. The molecule has 0 spiro atoms. The Balaban J connectivity index is 1.41. The molecule has 0 radical (unpaired) electrons. The third kappa shape index (κ3) is 3.29. The van der Waals surface area contributed by atoms with Gasteiger partial charge in [-0.25, -0.2) is 9.07 Å². The molecule has 0 unspecified atom stereocenters. The predicted octanol–water partition coefficient (Wildman–Crippen LogP) is 2.24. The standard InChI is InChI=1S/C18H20FN3O3/c19-15-3-1-2-4-16(15)22-12-14(11-20-22)17(23)21-7-5-13(6-8-21)18-24-9-10-25-18/h1-4,11-13,18H,5-10H2. The van der Waals surface area contributed by atoms with Crippen molar-refractivity contribution in [1.29, 1.82) is 0 Å². The van der Waals surface area contributed by atoms with Crippen LogP contribution in [0.1, 0.15) is 23.2 Å². The average Bonchev–Trinajstić information content (AvgIpc) is 3.34. The number of carbonyl (C=O) groups is 1. The molecule has 0 bridgehead atoms. The first-order chi connectivity index (χ1) is 12.2. The molecule has 7 heteroatoms. The van der Waals surface area contributed by atoms with Gasteiger partial charge >= 0.3 is 0 Å². The van der Waals surface area contributed by atoms with Crippen LogP contribution in [0.15, 0.2) is 36.7 Å². The third-order valence-electron chi connectivity index (χ3n) is 4.79. The second-order valence-electron chi connectivity index (χ2n) is 6.36. The van der Waals surface area contributed by atoms with Gasteiger partial charge in [0.2, 0.25) is 0 Å². The van der Waals surface area contributed by atoms with Gasteiger partial charge in [0.05, 0.1) is 25.0 Å². The van der Waals surface area contributed by atoms with Crippen molar-refractivity contribution in [3.63, 3.8) is 0 Å². The SMILES string of the molecule is O=C(c1cnn(-c2ccccc2F)c1)N1CCC(C2OCCO2)CC1. The molecular formula is C18H20FN3O3. The molecule has 0 aliphatic carbocycles. The fourth-order valence-electron chi connectivity index (χ4n) is 3.41. The van der Waals surface area contributed by atoms with Crippen LogP contribution in [-0.4, -0.2) is 53.2 Å². The van der Waals surface area contributed by atoms with E-state index in [0.29, 0.717) is 43.5 Å². The van der Waals surface area contributed by atoms with Gasteiger partial charge in [0.15, 0.2) is 6.29 Å². The highest BCUT2D eigenvalue weighted by atomic mass is 19.1. The molecule has 4 rings (SSSR count). The zero-order chi connectivity index (χ0) is 17.2. The molecule has 2 aliphatic rings. The minimum atomic E-state index is -0.373. The molecule has 2 saturated heterocycles. The van der Waals surface area contributed by atoms with E-state index < -0.39 is 0 Å². The number of piperidine rings is 1. The molecule has 3 heterocycles. The molecule has 1 amide bonds. The number of hydrogen-bond acceptors (Lipinski definition) is 4. The Morgan fingerprint density at radius 2 is 1.88 bits per heavy atom. The first kappa shape index (κ1) is 16.2. The summed E-state index contributed by atoms with van der Waals surface area (Å²) >= 11 is 0. The molecule has 1 aromatic heterocycles. The number of carbonyl (C=O) groups excluding carboxylic acids is 1. The van der Waals surface area contributed by atoms with Gasteiger partial charge in [0.1, 0.15) is 11.5 Å². The van der Waals surface area contributed by atoms with Crippen LogP contribution in [0, 0.1) is 11.7 Å². The van der Waals surface area contributed by atoms with Gasteiger partial charge in [-0.3, -0.25) is 4.79 Å². The summed E-state index contributed by atoms with van der Waals surface area (Å²) in [6.45, 7) is 2.63. The van der Waals surface area contributed by atoms with Crippen molar-refractivity contribution in [3.05, 3.63) is 48.0 Å². The minimum Gasteiger partial charge on any atom is -0.350 e. The molecule has 25 heavy (non-hydrogen) atoms. The number of hydrogen-bond donors (Lipinski definition) is 0. The van der Waals surface area contributed by atoms with Gasteiger partial charge in [0.25, 0.3) is 5.91 Å². The Kier molecular flexibility index (Phi) is 4.50. The van der Waals surface area contributed by atoms with E-state index in [1.54, 1.807) is 24.4 Å². The Bertz CT molecular complexity index is 750. The Morgan fingerprint density at radius 3 is 2.60 bits per heavy atom. The van der Waals surface area contributed by atoms with Gasteiger partial charge in [-0.1, -0.05) is 12.1 Å². The fraction of sp³-hybridized carbons (Fsp3) is 0.444. The van der Waals surface area contributed by atoms with Crippen LogP contribution in [0.3, 0.4) is 0 Å². The maximum atomic E-state index is 13.9. The maximum absolute atomic E-state index is 13.9. The first-order valence-corrected chi connectivity index (χ1v) is 8.54. The van der Waals surface area contributed by atoms with Gasteiger partial charge in [-0.2, -0.15) is 5.10 Å². The number of halogens is 1. The molecule has 1 aromatic carbocycles. The molecule has 2 aromatic rings. The monoisotopic (exact) mass is 345 g/mol. The van der Waals surface area contributed by atoms with Crippen molar-refractivity contribution < 1.29 is 18.7 Å².